The second kappa shape index (κ2) is 7.22. The van der Waals surface area contributed by atoms with Gasteiger partial charge >= 0.3 is 11.9 Å². The number of halogens is 1. The van der Waals surface area contributed by atoms with E-state index in [1.807, 2.05) is 0 Å². The number of methoxy groups -OCH3 is 1. The third-order valence-electron chi connectivity index (χ3n) is 2.59. The molecule has 0 saturated carbocycles. The SMILES string of the molecule is COC(=O)CC[C@@H](NC(=O)c1ccccc1F)C(=O)O. The fourth-order valence-electron chi connectivity index (χ4n) is 1.50. The summed E-state index contributed by atoms with van der Waals surface area (Å²) in [4.78, 5) is 33.7. The molecule has 1 aromatic carbocycles. The molecule has 7 heteroatoms. The standard InChI is InChI=1S/C13H14FNO5/c1-20-11(16)7-6-10(13(18)19)15-12(17)8-4-2-3-5-9(8)14/h2-5,10H,6-7H2,1H3,(H,15,17)(H,18,19)/t10-/m1/s1. The molecule has 6 nitrogen and oxygen atoms in total. The third kappa shape index (κ3) is 4.34. The van der Waals surface area contributed by atoms with Gasteiger partial charge in [-0.25, -0.2) is 9.18 Å². The van der Waals surface area contributed by atoms with Gasteiger partial charge in [-0.3, -0.25) is 9.59 Å². The molecule has 0 fully saturated rings. The minimum absolute atomic E-state index is 0.137. The van der Waals surface area contributed by atoms with E-state index < -0.39 is 29.7 Å². The highest BCUT2D eigenvalue weighted by Gasteiger charge is 2.23. The first kappa shape index (κ1) is 15.6. The number of amides is 1. The lowest BCUT2D eigenvalue weighted by molar-refractivity contribution is -0.142. The number of nitrogens with one attached hydrogen (secondary N) is 1. The summed E-state index contributed by atoms with van der Waals surface area (Å²) in [6.07, 6.45) is -0.298. The van der Waals surface area contributed by atoms with E-state index in [0.717, 1.165) is 6.07 Å². The first-order valence-corrected chi connectivity index (χ1v) is 5.80. The molecule has 0 bridgehead atoms. The van der Waals surface area contributed by atoms with E-state index in [-0.39, 0.29) is 18.4 Å². The predicted octanol–water partition coefficient (Wildman–Crippen LogP) is 0.962. The molecule has 108 valence electrons. The number of carbonyl (C=O) groups is 3. The summed E-state index contributed by atoms with van der Waals surface area (Å²) in [5.41, 5.74) is -0.253. The minimum Gasteiger partial charge on any atom is -0.480 e. The summed E-state index contributed by atoms with van der Waals surface area (Å²) in [6.45, 7) is 0. The Morgan fingerprint density at radius 2 is 2.00 bits per heavy atom. The lowest BCUT2D eigenvalue weighted by atomic mass is 10.1. The van der Waals surface area contributed by atoms with E-state index in [0.29, 0.717) is 0 Å². The number of ether oxygens (including phenoxy) is 1. The van der Waals surface area contributed by atoms with E-state index in [2.05, 4.69) is 10.1 Å². The normalized spacial score (nSPS) is 11.5. The predicted molar refractivity (Wildman–Crippen MR) is 66.5 cm³/mol. The zero-order valence-corrected chi connectivity index (χ0v) is 10.8. The Hall–Kier alpha value is -2.44. The van der Waals surface area contributed by atoms with E-state index in [1.54, 1.807) is 0 Å². The Balaban J connectivity index is 2.71. The zero-order chi connectivity index (χ0) is 15.1. The van der Waals surface area contributed by atoms with E-state index in [1.165, 1.54) is 25.3 Å². The number of esters is 1. The van der Waals surface area contributed by atoms with Gasteiger partial charge in [-0.2, -0.15) is 0 Å². The number of hydrogen-bond donors (Lipinski definition) is 2. The van der Waals surface area contributed by atoms with Crippen LogP contribution >= 0.6 is 0 Å². The van der Waals surface area contributed by atoms with Gasteiger partial charge in [0.05, 0.1) is 12.7 Å². The fourth-order valence-corrected chi connectivity index (χ4v) is 1.50. The molecule has 0 heterocycles. The highest BCUT2D eigenvalue weighted by atomic mass is 19.1. The fraction of sp³-hybridized carbons (Fsp3) is 0.308. The van der Waals surface area contributed by atoms with Crippen LogP contribution < -0.4 is 5.32 Å². The van der Waals surface area contributed by atoms with Crippen LogP contribution in [0.4, 0.5) is 4.39 Å². The topological polar surface area (TPSA) is 92.7 Å². The van der Waals surface area contributed by atoms with Crippen LogP contribution in [0, 0.1) is 5.82 Å². The summed E-state index contributed by atoms with van der Waals surface area (Å²) in [5.74, 6) is -3.49. The first-order valence-electron chi connectivity index (χ1n) is 5.80. The molecule has 1 atom stereocenters. The van der Waals surface area contributed by atoms with Crippen LogP contribution in [0.15, 0.2) is 24.3 Å². The Labute approximate surface area is 114 Å². The average molecular weight is 283 g/mol. The van der Waals surface area contributed by atoms with Crippen molar-refractivity contribution in [3.63, 3.8) is 0 Å². The quantitative estimate of drug-likeness (QED) is 0.759. The third-order valence-corrected chi connectivity index (χ3v) is 2.59. The van der Waals surface area contributed by atoms with Gasteiger partial charge in [-0.1, -0.05) is 12.1 Å². The van der Waals surface area contributed by atoms with Gasteiger partial charge < -0.3 is 15.2 Å². The summed E-state index contributed by atoms with van der Waals surface area (Å²) in [7, 11) is 1.18. The Kier molecular flexibility index (Phi) is 5.64. The maximum Gasteiger partial charge on any atom is 0.326 e. The molecular weight excluding hydrogens is 269 g/mol. The summed E-state index contributed by atoms with van der Waals surface area (Å²) >= 11 is 0. The van der Waals surface area contributed by atoms with Crippen molar-refractivity contribution >= 4 is 17.8 Å². The van der Waals surface area contributed by atoms with Crippen LogP contribution in [0.2, 0.25) is 0 Å². The van der Waals surface area contributed by atoms with Crippen LogP contribution in [0.25, 0.3) is 0 Å². The Morgan fingerprint density at radius 3 is 2.55 bits per heavy atom. The van der Waals surface area contributed by atoms with Crippen molar-refractivity contribution in [1.82, 2.24) is 5.32 Å². The molecule has 0 aliphatic rings. The second-order valence-electron chi connectivity index (χ2n) is 3.96. The van der Waals surface area contributed by atoms with Crippen molar-refractivity contribution in [2.24, 2.45) is 0 Å². The molecule has 0 saturated heterocycles. The number of aliphatic carboxylic acids is 1. The number of benzene rings is 1. The van der Waals surface area contributed by atoms with Gasteiger partial charge in [0, 0.05) is 6.42 Å². The van der Waals surface area contributed by atoms with Gasteiger partial charge in [0.25, 0.3) is 5.91 Å². The second-order valence-corrected chi connectivity index (χ2v) is 3.96. The Bertz CT molecular complexity index is 517. The van der Waals surface area contributed by atoms with Crippen molar-refractivity contribution in [3.05, 3.63) is 35.6 Å². The largest absolute Gasteiger partial charge is 0.480 e. The molecule has 1 rings (SSSR count). The highest BCUT2D eigenvalue weighted by Crippen LogP contribution is 2.08. The summed E-state index contributed by atoms with van der Waals surface area (Å²) in [5, 5.41) is 11.1. The van der Waals surface area contributed by atoms with Crippen LogP contribution in [-0.4, -0.2) is 36.1 Å². The first-order chi connectivity index (χ1) is 9.45. The van der Waals surface area contributed by atoms with E-state index in [9.17, 15) is 18.8 Å². The highest BCUT2D eigenvalue weighted by molar-refractivity contribution is 5.96. The molecular formula is C13H14FNO5. The molecule has 0 aliphatic heterocycles. The maximum absolute atomic E-state index is 13.4. The van der Waals surface area contributed by atoms with Crippen molar-refractivity contribution in [2.75, 3.05) is 7.11 Å². The van der Waals surface area contributed by atoms with Crippen LogP contribution in [0.3, 0.4) is 0 Å². The molecule has 0 spiro atoms. The molecule has 0 aromatic heterocycles. The lowest BCUT2D eigenvalue weighted by Crippen LogP contribution is -2.41. The summed E-state index contributed by atoms with van der Waals surface area (Å²) in [6, 6.07) is 3.92. The molecule has 0 aliphatic carbocycles. The maximum atomic E-state index is 13.4. The van der Waals surface area contributed by atoms with E-state index >= 15 is 0 Å². The van der Waals surface area contributed by atoms with Crippen LogP contribution in [0.5, 0.6) is 0 Å². The van der Waals surface area contributed by atoms with E-state index in [4.69, 9.17) is 5.11 Å². The number of rotatable bonds is 6. The molecule has 20 heavy (non-hydrogen) atoms. The number of carboxylic acid groups (broad SMARTS) is 1. The smallest absolute Gasteiger partial charge is 0.326 e. The zero-order valence-electron chi connectivity index (χ0n) is 10.8. The van der Waals surface area contributed by atoms with Gasteiger partial charge in [0.15, 0.2) is 0 Å². The molecule has 1 aromatic rings. The van der Waals surface area contributed by atoms with Gasteiger partial charge in [-0.15, -0.1) is 0 Å². The number of carbonyl (C=O) groups excluding carboxylic acids is 2. The summed E-state index contributed by atoms with van der Waals surface area (Å²) < 4.78 is 17.8. The number of carboxylic acids is 1. The lowest BCUT2D eigenvalue weighted by Gasteiger charge is -2.14. The van der Waals surface area contributed by atoms with Crippen molar-refractivity contribution in [3.8, 4) is 0 Å². The molecule has 0 radical (unpaired) electrons. The number of hydrogen-bond acceptors (Lipinski definition) is 4. The minimum atomic E-state index is -1.31. The molecule has 2 N–H and O–H groups in total. The van der Waals surface area contributed by atoms with Crippen molar-refractivity contribution < 1.29 is 28.6 Å². The molecule has 1 amide bonds. The van der Waals surface area contributed by atoms with Crippen molar-refractivity contribution in [1.29, 1.82) is 0 Å². The average Bonchev–Trinajstić information content (AvgIpc) is 2.42. The monoisotopic (exact) mass is 283 g/mol. The Morgan fingerprint density at radius 1 is 1.35 bits per heavy atom. The molecule has 0 unspecified atom stereocenters. The van der Waals surface area contributed by atoms with Gasteiger partial charge in [-0.05, 0) is 18.6 Å². The van der Waals surface area contributed by atoms with Crippen LogP contribution in [-0.2, 0) is 14.3 Å². The van der Waals surface area contributed by atoms with Gasteiger partial charge in [0.1, 0.15) is 11.9 Å². The van der Waals surface area contributed by atoms with Crippen molar-refractivity contribution in [2.45, 2.75) is 18.9 Å². The van der Waals surface area contributed by atoms with Gasteiger partial charge in [0.2, 0.25) is 0 Å². The van der Waals surface area contributed by atoms with Crippen LogP contribution in [0.1, 0.15) is 23.2 Å².